The Balaban J connectivity index is 1.69. The maximum absolute atomic E-state index is 12.1. The fourth-order valence-electron chi connectivity index (χ4n) is 3.01. The van der Waals surface area contributed by atoms with Gasteiger partial charge in [-0.3, -0.25) is 9.89 Å². The van der Waals surface area contributed by atoms with E-state index in [4.69, 9.17) is 0 Å². The number of nitrogens with one attached hydrogen (secondary N) is 2. The smallest absolute Gasteiger partial charge is 0.272 e. The molecule has 1 saturated carbocycles. The van der Waals surface area contributed by atoms with Crippen molar-refractivity contribution in [2.45, 2.75) is 57.4 Å². The molecule has 3 rings (SSSR count). The predicted molar refractivity (Wildman–Crippen MR) is 65.0 cm³/mol. The molecule has 0 bridgehead atoms. The molecule has 1 fully saturated rings. The molecule has 0 aromatic carbocycles. The molecule has 0 spiro atoms. The Kier molecular flexibility index (Phi) is 2.87. The van der Waals surface area contributed by atoms with Gasteiger partial charge in [0.2, 0.25) is 0 Å². The number of aromatic amines is 1. The molecule has 0 unspecified atom stereocenters. The summed E-state index contributed by atoms with van der Waals surface area (Å²) in [5, 5.41) is 10.3. The number of hydrogen-bond acceptors (Lipinski definition) is 2. The zero-order valence-corrected chi connectivity index (χ0v) is 10.1. The minimum absolute atomic E-state index is 0.0244. The Morgan fingerprint density at radius 2 is 2.00 bits per heavy atom. The van der Waals surface area contributed by atoms with Gasteiger partial charge in [-0.1, -0.05) is 19.3 Å². The third kappa shape index (κ3) is 2.08. The molecule has 1 amide bonds. The highest BCUT2D eigenvalue weighted by molar-refractivity contribution is 5.94. The number of H-pyrrole nitrogens is 1. The highest BCUT2D eigenvalue weighted by Gasteiger charge is 2.24. The summed E-state index contributed by atoms with van der Waals surface area (Å²) in [4.78, 5) is 12.1. The van der Waals surface area contributed by atoms with E-state index in [0.717, 1.165) is 37.7 Å². The molecule has 4 heteroatoms. The number of aryl methyl sites for hydroxylation is 1. The van der Waals surface area contributed by atoms with E-state index >= 15 is 0 Å². The lowest BCUT2D eigenvalue weighted by atomic mass is 9.95. The van der Waals surface area contributed by atoms with Crippen LogP contribution in [0.25, 0.3) is 0 Å². The van der Waals surface area contributed by atoms with Crippen LogP contribution in [0.3, 0.4) is 0 Å². The fraction of sp³-hybridized carbons (Fsp3) is 0.692. The van der Waals surface area contributed by atoms with Crippen molar-refractivity contribution in [1.29, 1.82) is 0 Å². The van der Waals surface area contributed by atoms with Gasteiger partial charge < -0.3 is 5.32 Å². The highest BCUT2D eigenvalue weighted by atomic mass is 16.2. The first kappa shape index (κ1) is 10.8. The molecule has 4 nitrogen and oxygen atoms in total. The number of amides is 1. The number of aromatic nitrogens is 2. The molecule has 0 aliphatic heterocycles. The van der Waals surface area contributed by atoms with Crippen LogP contribution in [-0.4, -0.2) is 22.1 Å². The van der Waals surface area contributed by atoms with Crippen LogP contribution >= 0.6 is 0 Å². The quantitative estimate of drug-likeness (QED) is 0.820. The first-order chi connectivity index (χ1) is 8.34. The molecular formula is C13H19N3O. The van der Waals surface area contributed by atoms with Crippen LogP contribution in [0.2, 0.25) is 0 Å². The summed E-state index contributed by atoms with van der Waals surface area (Å²) in [5.74, 6) is 0.0244. The van der Waals surface area contributed by atoms with Crippen LogP contribution in [0.4, 0.5) is 0 Å². The van der Waals surface area contributed by atoms with E-state index in [1.807, 2.05) is 0 Å². The molecule has 17 heavy (non-hydrogen) atoms. The molecule has 2 aliphatic carbocycles. The van der Waals surface area contributed by atoms with E-state index in [9.17, 15) is 4.79 Å². The summed E-state index contributed by atoms with van der Waals surface area (Å²) in [6, 6.07) is 0.366. The van der Waals surface area contributed by atoms with Crippen molar-refractivity contribution in [1.82, 2.24) is 15.5 Å². The largest absolute Gasteiger partial charge is 0.348 e. The van der Waals surface area contributed by atoms with Gasteiger partial charge >= 0.3 is 0 Å². The van der Waals surface area contributed by atoms with Gasteiger partial charge in [0, 0.05) is 17.3 Å². The van der Waals surface area contributed by atoms with E-state index in [2.05, 4.69) is 15.5 Å². The Bertz CT molecular complexity index is 418. The van der Waals surface area contributed by atoms with Crippen LogP contribution in [0.1, 0.15) is 60.3 Å². The lowest BCUT2D eigenvalue weighted by Crippen LogP contribution is -2.36. The fourth-order valence-corrected chi connectivity index (χ4v) is 3.01. The summed E-state index contributed by atoms with van der Waals surface area (Å²) in [7, 11) is 0. The van der Waals surface area contributed by atoms with Crippen molar-refractivity contribution in [3.05, 3.63) is 17.0 Å². The standard InChI is InChI=1S/C13H19N3O/c17-13(14-9-5-2-1-3-6-9)12-10-7-4-8-11(10)15-16-12/h9H,1-8H2,(H,14,17)(H,15,16). The number of carbonyl (C=O) groups excluding carboxylic acids is 1. The minimum atomic E-state index is 0.0244. The number of nitrogens with zero attached hydrogens (tertiary/aromatic N) is 1. The third-order valence-corrected chi connectivity index (χ3v) is 3.96. The summed E-state index contributed by atoms with van der Waals surface area (Å²) in [6.07, 6.45) is 9.22. The average molecular weight is 233 g/mol. The topological polar surface area (TPSA) is 57.8 Å². The second-order valence-corrected chi connectivity index (χ2v) is 5.19. The summed E-state index contributed by atoms with van der Waals surface area (Å²) < 4.78 is 0. The molecule has 1 heterocycles. The number of fused-ring (bicyclic) bond motifs is 1. The van der Waals surface area contributed by atoms with Crippen molar-refractivity contribution in [2.75, 3.05) is 0 Å². The van der Waals surface area contributed by atoms with Crippen LogP contribution < -0.4 is 5.32 Å². The number of rotatable bonds is 2. The second kappa shape index (κ2) is 4.51. The van der Waals surface area contributed by atoms with Gasteiger partial charge in [0.05, 0.1) is 0 Å². The molecule has 0 atom stereocenters. The molecule has 1 aromatic rings. The Morgan fingerprint density at radius 3 is 2.82 bits per heavy atom. The Labute approximate surface area is 101 Å². The molecule has 0 saturated heterocycles. The van der Waals surface area contributed by atoms with Crippen LogP contribution in [0, 0.1) is 0 Å². The SMILES string of the molecule is O=C(NC1CCCCC1)c1n[nH]c2c1CCC2. The van der Waals surface area contributed by atoms with Gasteiger partial charge in [-0.05, 0) is 32.1 Å². The van der Waals surface area contributed by atoms with E-state index in [1.54, 1.807) is 0 Å². The first-order valence-corrected chi connectivity index (χ1v) is 6.71. The Morgan fingerprint density at radius 1 is 1.18 bits per heavy atom. The van der Waals surface area contributed by atoms with Crippen LogP contribution in [0.15, 0.2) is 0 Å². The van der Waals surface area contributed by atoms with Crippen molar-refractivity contribution >= 4 is 5.91 Å². The minimum Gasteiger partial charge on any atom is -0.348 e. The van der Waals surface area contributed by atoms with E-state index in [0.29, 0.717) is 11.7 Å². The maximum atomic E-state index is 12.1. The Hall–Kier alpha value is -1.32. The van der Waals surface area contributed by atoms with Gasteiger partial charge in [-0.15, -0.1) is 0 Å². The summed E-state index contributed by atoms with van der Waals surface area (Å²) in [6.45, 7) is 0. The van der Waals surface area contributed by atoms with Gasteiger partial charge in [0.15, 0.2) is 5.69 Å². The first-order valence-electron chi connectivity index (χ1n) is 6.71. The van der Waals surface area contributed by atoms with E-state index < -0.39 is 0 Å². The van der Waals surface area contributed by atoms with Crippen LogP contribution in [-0.2, 0) is 12.8 Å². The molecule has 0 radical (unpaired) electrons. The zero-order valence-electron chi connectivity index (χ0n) is 10.1. The molecular weight excluding hydrogens is 214 g/mol. The maximum Gasteiger partial charge on any atom is 0.272 e. The number of hydrogen-bond donors (Lipinski definition) is 2. The predicted octanol–water partition coefficient (Wildman–Crippen LogP) is 1.96. The monoisotopic (exact) mass is 233 g/mol. The van der Waals surface area contributed by atoms with Crippen molar-refractivity contribution in [3.63, 3.8) is 0 Å². The molecule has 2 aliphatic rings. The average Bonchev–Trinajstić information content (AvgIpc) is 2.91. The number of carbonyl (C=O) groups is 1. The van der Waals surface area contributed by atoms with Gasteiger partial charge in [0.1, 0.15) is 0 Å². The highest BCUT2D eigenvalue weighted by Crippen LogP contribution is 2.23. The normalized spacial score (nSPS) is 20.2. The summed E-state index contributed by atoms with van der Waals surface area (Å²) in [5.41, 5.74) is 2.96. The zero-order chi connectivity index (χ0) is 11.7. The van der Waals surface area contributed by atoms with Gasteiger partial charge in [0.25, 0.3) is 5.91 Å². The molecule has 92 valence electrons. The molecule has 1 aromatic heterocycles. The lowest BCUT2D eigenvalue weighted by Gasteiger charge is -2.22. The second-order valence-electron chi connectivity index (χ2n) is 5.19. The lowest BCUT2D eigenvalue weighted by molar-refractivity contribution is 0.0921. The molecule has 2 N–H and O–H groups in total. The van der Waals surface area contributed by atoms with Crippen molar-refractivity contribution < 1.29 is 4.79 Å². The summed E-state index contributed by atoms with van der Waals surface area (Å²) >= 11 is 0. The van der Waals surface area contributed by atoms with E-state index in [-0.39, 0.29) is 5.91 Å². The van der Waals surface area contributed by atoms with Crippen molar-refractivity contribution in [2.24, 2.45) is 0 Å². The van der Waals surface area contributed by atoms with Crippen molar-refractivity contribution in [3.8, 4) is 0 Å². The third-order valence-electron chi connectivity index (χ3n) is 3.96. The van der Waals surface area contributed by atoms with Gasteiger partial charge in [-0.2, -0.15) is 5.10 Å². The van der Waals surface area contributed by atoms with E-state index in [1.165, 1.54) is 25.0 Å². The van der Waals surface area contributed by atoms with Crippen LogP contribution in [0.5, 0.6) is 0 Å². The van der Waals surface area contributed by atoms with Gasteiger partial charge in [-0.25, -0.2) is 0 Å².